The van der Waals surface area contributed by atoms with E-state index in [4.69, 9.17) is 5.11 Å². The van der Waals surface area contributed by atoms with Crippen molar-refractivity contribution in [3.8, 4) is 0 Å². The molecule has 0 spiro atoms. The van der Waals surface area contributed by atoms with Crippen molar-refractivity contribution >= 4 is 22.1 Å². The van der Waals surface area contributed by atoms with Crippen molar-refractivity contribution in [1.29, 1.82) is 0 Å². The number of nitrogens with zero attached hydrogens (tertiary/aromatic N) is 3. The molecule has 6 nitrogen and oxygen atoms in total. The van der Waals surface area contributed by atoms with Crippen LogP contribution in [0.4, 0.5) is 11.4 Å². The number of aliphatic hydroxyl groups is 1. The maximum Gasteiger partial charge on any atom is 0.277 e. The molecule has 0 saturated carbocycles. The van der Waals surface area contributed by atoms with Crippen LogP contribution in [0.25, 0.3) is 10.8 Å². The summed E-state index contributed by atoms with van der Waals surface area (Å²) in [5, 5.41) is 21.4. The van der Waals surface area contributed by atoms with Crippen LogP contribution >= 0.6 is 0 Å². The van der Waals surface area contributed by atoms with Crippen LogP contribution < -0.4 is 4.90 Å². The summed E-state index contributed by atoms with van der Waals surface area (Å²) < 4.78 is 0. The summed E-state index contributed by atoms with van der Waals surface area (Å²) >= 11 is 0. The molecule has 0 aliphatic heterocycles. The van der Waals surface area contributed by atoms with E-state index in [1.807, 2.05) is 6.92 Å². The van der Waals surface area contributed by atoms with Crippen molar-refractivity contribution in [2.24, 2.45) is 0 Å². The highest BCUT2D eigenvalue weighted by Crippen LogP contribution is 2.32. The highest BCUT2D eigenvalue weighted by Gasteiger charge is 2.16. The van der Waals surface area contributed by atoms with Gasteiger partial charge in [-0.1, -0.05) is 0 Å². The Labute approximate surface area is 116 Å². The van der Waals surface area contributed by atoms with Crippen LogP contribution in [0.5, 0.6) is 0 Å². The first-order chi connectivity index (χ1) is 9.69. The highest BCUT2D eigenvalue weighted by molar-refractivity contribution is 5.99. The first kappa shape index (κ1) is 14.2. The SMILES string of the molecule is CCN(CCCO)c1ccc([N+](=O)[O-])c2ccncc12. The molecule has 0 bridgehead atoms. The molecule has 0 unspecified atom stereocenters. The summed E-state index contributed by atoms with van der Waals surface area (Å²) in [7, 11) is 0. The number of non-ortho nitro benzene ring substituents is 1. The van der Waals surface area contributed by atoms with Crippen LogP contribution in [0, 0.1) is 10.1 Å². The lowest BCUT2D eigenvalue weighted by molar-refractivity contribution is -0.383. The summed E-state index contributed by atoms with van der Waals surface area (Å²) in [6.07, 6.45) is 3.87. The molecule has 2 rings (SSSR count). The predicted molar refractivity (Wildman–Crippen MR) is 78.0 cm³/mol. The minimum absolute atomic E-state index is 0.0874. The lowest BCUT2D eigenvalue weighted by Crippen LogP contribution is -2.24. The maximum absolute atomic E-state index is 11.1. The number of aliphatic hydroxyl groups excluding tert-OH is 1. The number of hydrogen-bond donors (Lipinski definition) is 1. The van der Waals surface area contributed by atoms with Gasteiger partial charge in [-0.2, -0.15) is 0 Å². The van der Waals surface area contributed by atoms with E-state index in [2.05, 4.69) is 9.88 Å². The lowest BCUT2D eigenvalue weighted by atomic mass is 10.1. The zero-order chi connectivity index (χ0) is 14.5. The molecule has 0 atom stereocenters. The zero-order valence-corrected chi connectivity index (χ0v) is 11.3. The molecule has 1 aromatic carbocycles. The van der Waals surface area contributed by atoms with Crippen molar-refractivity contribution in [2.75, 3.05) is 24.6 Å². The molecular formula is C14H17N3O3. The number of benzene rings is 1. The van der Waals surface area contributed by atoms with Gasteiger partial charge in [-0.05, 0) is 25.5 Å². The zero-order valence-electron chi connectivity index (χ0n) is 11.3. The second-order valence-corrected chi connectivity index (χ2v) is 4.44. The smallest absolute Gasteiger partial charge is 0.277 e. The van der Waals surface area contributed by atoms with Gasteiger partial charge >= 0.3 is 0 Å². The Morgan fingerprint density at radius 3 is 2.80 bits per heavy atom. The third-order valence-corrected chi connectivity index (χ3v) is 3.28. The lowest BCUT2D eigenvalue weighted by Gasteiger charge is -2.24. The molecule has 0 saturated heterocycles. The van der Waals surface area contributed by atoms with E-state index < -0.39 is 0 Å². The first-order valence-electron chi connectivity index (χ1n) is 6.56. The molecule has 0 aliphatic carbocycles. The van der Waals surface area contributed by atoms with Gasteiger partial charge in [0.25, 0.3) is 5.69 Å². The van der Waals surface area contributed by atoms with Crippen molar-refractivity contribution in [3.05, 3.63) is 40.7 Å². The van der Waals surface area contributed by atoms with Crippen LogP contribution in [-0.4, -0.2) is 34.7 Å². The third kappa shape index (κ3) is 2.70. The molecule has 0 amide bonds. The fourth-order valence-corrected chi connectivity index (χ4v) is 2.30. The second kappa shape index (κ2) is 6.29. The third-order valence-electron chi connectivity index (χ3n) is 3.28. The molecular weight excluding hydrogens is 258 g/mol. The number of anilines is 1. The van der Waals surface area contributed by atoms with E-state index in [-0.39, 0.29) is 17.2 Å². The van der Waals surface area contributed by atoms with Gasteiger partial charge in [0, 0.05) is 49.2 Å². The minimum Gasteiger partial charge on any atom is -0.396 e. The largest absolute Gasteiger partial charge is 0.396 e. The number of aromatic nitrogens is 1. The number of pyridine rings is 1. The molecule has 0 fully saturated rings. The number of hydrogen-bond acceptors (Lipinski definition) is 5. The monoisotopic (exact) mass is 275 g/mol. The number of nitro groups is 1. The Hall–Kier alpha value is -2.21. The predicted octanol–water partition coefficient (Wildman–Crippen LogP) is 2.35. The van der Waals surface area contributed by atoms with Crippen molar-refractivity contribution in [2.45, 2.75) is 13.3 Å². The quantitative estimate of drug-likeness (QED) is 0.646. The van der Waals surface area contributed by atoms with Gasteiger partial charge < -0.3 is 10.0 Å². The molecule has 0 aliphatic rings. The van der Waals surface area contributed by atoms with E-state index >= 15 is 0 Å². The van der Waals surface area contributed by atoms with Crippen molar-refractivity contribution in [1.82, 2.24) is 4.98 Å². The Kier molecular flexibility index (Phi) is 4.47. The summed E-state index contributed by atoms with van der Waals surface area (Å²) in [5.74, 6) is 0. The van der Waals surface area contributed by atoms with Crippen LogP contribution in [0.2, 0.25) is 0 Å². The molecule has 6 heteroatoms. The number of fused-ring (bicyclic) bond motifs is 1. The second-order valence-electron chi connectivity index (χ2n) is 4.44. The molecule has 0 radical (unpaired) electrons. The van der Waals surface area contributed by atoms with Gasteiger partial charge in [0.2, 0.25) is 0 Å². The molecule has 2 aromatic rings. The average Bonchev–Trinajstić information content (AvgIpc) is 2.47. The van der Waals surface area contributed by atoms with Gasteiger partial charge in [0.15, 0.2) is 0 Å². The van der Waals surface area contributed by atoms with E-state index in [0.29, 0.717) is 18.4 Å². The van der Waals surface area contributed by atoms with Gasteiger partial charge in [-0.15, -0.1) is 0 Å². The highest BCUT2D eigenvalue weighted by atomic mass is 16.6. The summed E-state index contributed by atoms with van der Waals surface area (Å²) in [5.41, 5.74) is 0.999. The van der Waals surface area contributed by atoms with Gasteiger partial charge in [0.1, 0.15) is 0 Å². The maximum atomic E-state index is 11.1. The molecule has 20 heavy (non-hydrogen) atoms. The van der Waals surface area contributed by atoms with Gasteiger partial charge in [-0.25, -0.2) is 0 Å². The molecule has 1 heterocycles. The fourth-order valence-electron chi connectivity index (χ4n) is 2.30. The molecule has 1 N–H and O–H groups in total. The molecule has 106 valence electrons. The average molecular weight is 275 g/mol. The number of rotatable bonds is 6. The molecule has 1 aromatic heterocycles. The van der Waals surface area contributed by atoms with Crippen molar-refractivity contribution in [3.63, 3.8) is 0 Å². The van der Waals surface area contributed by atoms with Gasteiger partial charge in [-0.3, -0.25) is 15.1 Å². The van der Waals surface area contributed by atoms with Crippen molar-refractivity contribution < 1.29 is 10.0 Å². The topological polar surface area (TPSA) is 79.5 Å². The normalized spacial score (nSPS) is 10.7. The number of nitro benzene ring substituents is 1. The first-order valence-corrected chi connectivity index (χ1v) is 6.56. The Bertz CT molecular complexity index is 616. The van der Waals surface area contributed by atoms with E-state index in [9.17, 15) is 10.1 Å². The fraction of sp³-hybridized carbons (Fsp3) is 0.357. The Morgan fingerprint density at radius 1 is 1.35 bits per heavy atom. The Balaban J connectivity index is 2.54. The van der Waals surface area contributed by atoms with E-state index in [0.717, 1.165) is 17.6 Å². The summed E-state index contributed by atoms with van der Waals surface area (Å²) in [6, 6.07) is 4.94. The summed E-state index contributed by atoms with van der Waals surface area (Å²) in [6.45, 7) is 3.61. The van der Waals surface area contributed by atoms with E-state index in [1.54, 1.807) is 24.5 Å². The van der Waals surface area contributed by atoms with Crippen LogP contribution in [0.15, 0.2) is 30.6 Å². The van der Waals surface area contributed by atoms with Gasteiger partial charge in [0.05, 0.1) is 10.3 Å². The van der Waals surface area contributed by atoms with Crippen LogP contribution in [0.3, 0.4) is 0 Å². The Morgan fingerprint density at radius 2 is 2.15 bits per heavy atom. The standard InChI is InChI=1S/C14H17N3O3/c1-2-16(8-3-9-18)13-4-5-14(17(19)20)11-6-7-15-10-12(11)13/h4-7,10,18H,2-3,8-9H2,1H3. The van der Waals surface area contributed by atoms with Crippen LogP contribution in [-0.2, 0) is 0 Å². The van der Waals surface area contributed by atoms with E-state index in [1.165, 1.54) is 6.07 Å². The minimum atomic E-state index is -0.379. The summed E-state index contributed by atoms with van der Waals surface area (Å²) in [4.78, 5) is 16.9. The van der Waals surface area contributed by atoms with Crippen LogP contribution in [0.1, 0.15) is 13.3 Å².